The molecule has 10 atom stereocenters. The van der Waals surface area contributed by atoms with Crippen molar-refractivity contribution in [3.63, 3.8) is 0 Å². The minimum absolute atomic E-state index is 0.0199. The molecule has 0 radical (unpaired) electrons. The van der Waals surface area contributed by atoms with Gasteiger partial charge >= 0.3 is 30.0 Å². The van der Waals surface area contributed by atoms with Crippen LogP contribution in [0.1, 0.15) is 104 Å². The fraction of sp³-hybridized carbons (Fsp3) is 0.533. The molecule has 1 amide bonds. The van der Waals surface area contributed by atoms with E-state index >= 15 is 0 Å². The Morgan fingerprint density at radius 2 is 1.44 bits per heavy atom. The van der Waals surface area contributed by atoms with Crippen molar-refractivity contribution in [2.45, 2.75) is 135 Å². The summed E-state index contributed by atoms with van der Waals surface area (Å²) in [6, 6.07) is 15.1. The average molecular weight is 820 g/mol. The third kappa shape index (κ3) is 9.09. The van der Waals surface area contributed by atoms with Crippen LogP contribution >= 0.6 is 0 Å². The first kappa shape index (κ1) is 45.0. The number of fused-ring (bicyclic) bond motifs is 2. The first-order valence-corrected chi connectivity index (χ1v) is 19.7. The summed E-state index contributed by atoms with van der Waals surface area (Å²) in [7, 11) is 0. The molecule has 14 heteroatoms. The monoisotopic (exact) mass is 819 g/mol. The van der Waals surface area contributed by atoms with Crippen molar-refractivity contribution in [2.75, 3.05) is 0 Å². The van der Waals surface area contributed by atoms with Gasteiger partial charge in [-0.1, -0.05) is 62.0 Å². The maximum absolute atomic E-state index is 14.1. The van der Waals surface area contributed by atoms with E-state index in [0.717, 1.165) is 0 Å². The minimum Gasteiger partial charge on any atom is -0.462 e. The molecule has 5 rings (SSSR count). The SMILES string of the molecule is C=C1[C@@H](OC(=O)[C@H](O)[C@@H](NC(=O)OC(C)(C)C)c2ccccc2)C[C@H](OC(C)=O)[C@]2(C)[C@@H]1C[C@]1(C(C)(C)O)C[C@H](O)C(C)=C1[C@@H](OC(=O)c1ccccc1)[C@@H]2OC(C)=O. The number of benzene rings is 2. The van der Waals surface area contributed by atoms with Crippen LogP contribution in [-0.4, -0.2) is 93.1 Å². The number of hydrogen-bond acceptors (Lipinski definition) is 13. The largest absolute Gasteiger partial charge is 0.462 e. The topological polar surface area (TPSA) is 204 Å². The smallest absolute Gasteiger partial charge is 0.408 e. The Bertz CT molecular complexity index is 1970. The van der Waals surface area contributed by atoms with Gasteiger partial charge < -0.3 is 44.3 Å². The van der Waals surface area contributed by atoms with E-state index in [9.17, 15) is 39.3 Å². The van der Waals surface area contributed by atoms with Crippen LogP contribution in [0.25, 0.3) is 0 Å². The van der Waals surface area contributed by atoms with Crippen LogP contribution < -0.4 is 5.32 Å². The number of alkyl carbamates (subject to hydrolysis) is 1. The molecule has 2 fully saturated rings. The molecule has 2 aromatic carbocycles. The molecule has 0 spiro atoms. The van der Waals surface area contributed by atoms with E-state index in [-0.39, 0.29) is 30.4 Å². The molecule has 59 heavy (non-hydrogen) atoms. The second-order valence-corrected chi connectivity index (χ2v) is 17.6. The highest BCUT2D eigenvalue weighted by Gasteiger charge is 2.69. The summed E-state index contributed by atoms with van der Waals surface area (Å²) in [4.78, 5) is 67.1. The summed E-state index contributed by atoms with van der Waals surface area (Å²) in [6.45, 7) is 18.3. The highest BCUT2D eigenvalue weighted by atomic mass is 16.6. The zero-order valence-corrected chi connectivity index (χ0v) is 35.1. The van der Waals surface area contributed by atoms with Crippen LogP contribution in [-0.2, 0) is 38.1 Å². The molecule has 0 aromatic heterocycles. The molecular weight excluding hydrogens is 762 g/mol. The lowest BCUT2D eigenvalue weighted by molar-refractivity contribution is -0.199. The van der Waals surface area contributed by atoms with Crippen LogP contribution in [0.5, 0.6) is 0 Å². The fourth-order valence-electron chi connectivity index (χ4n) is 9.21. The molecule has 4 N–H and O–H groups in total. The van der Waals surface area contributed by atoms with Crippen LogP contribution in [0.4, 0.5) is 4.79 Å². The van der Waals surface area contributed by atoms with E-state index in [1.54, 1.807) is 109 Å². The number of ether oxygens (including phenoxy) is 5. The van der Waals surface area contributed by atoms with E-state index in [1.165, 1.54) is 13.8 Å². The molecule has 14 nitrogen and oxygen atoms in total. The third-order valence-corrected chi connectivity index (χ3v) is 12.1. The number of hydrogen-bond donors (Lipinski definition) is 4. The number of aliphatic hydroxyl groups excluding tert-OH is 2. The summed E-state index contributed by atoms with van der Waals surface area (Å²) in [5.41, 5.74) is -3.77. The zero-order chi connectivity index (χ0) is 43.8. The Kier molecular flexibility index (Phi) is 12.9. The van der Waals surface area contributed by atoms with Gasteiger partial charge in [0.2, 0.25) is 0 Å². The van der Waals surface area contributed by atoms with E-state index < -0.39 is 101 Å². The molecule has 320 valence electrons. The van der Waals surface area contributed by atoms with Crippen molar-refractivity contribution >= 4 is 30.0 Å². The van der Waals surface area contributed by atoms with Crippen LogP contribution in [0, 0.1) is 16.7 Å². The molecule has 0 saturated heterocycles. The molecule has 0 unspecified atom stereocenters. The lowest BCUT2D eigenvalue weighted by Gasteiger charge is -2.53. The van der Waals surface area contributed by atoms with Crippen LogP contribution in [0.15, 0.2) is 84.0 Å². The zero-order valence-electron chi connectivity index (χ0n) is 35.1. The second-order valence-electron chi connectivity index (χ2n) is 17.6. The van der Waals surface area contributed by atoms with Gasteiger partial charge in [0.1, 0.15) is 17.8 Å². The van der Waals surface area contributed by atoms with E-state index in [4.69, 9.17) is 23.7 Å². The Balaban J connectivity index is 1.63. The van der Waals surface area contributed by atoms with Crippen molar-refractivity contribution in [1.29, 1.82) is 0 Å². The highest BCUT2D eigenvalue weighted by Crippen LogP contribution is 2.65. The van der Waals surface area contributed by atoms with Crippen molar-refractivity contribution < 1.29 is 63.0 Å². The Hall–Kier alpha value is -5.05. The van der Waals surface area contributed by atoms with Gasteiger partial charge in [0.05, 0.1) is 28.7 Å². The standard InChI is InChI=1S/C45H57NO13/c1-24-30-22-45(43(8,9)54)23-31(49)25(2)34(45)37(58-39(51)29-19-15-12-16-20-29)38(56-27(4)48)44(30,10)33(55-26(3)47)21-32(24)57-40(52)36(50)35(28-17-13-11-14-18-28)46-41(53)59-42(5,6)7/h11-20,30-33,35-38,49-50,54H,1,21-23H2,2-10H3,(H,46,53)/t30-,31+,32+,33+,35+,36-,37-,38+,44+,45+/m1/s1. The molecule has 3 aliphatic carbocycles. The van der Waals surface area contributed by atoms with Gasteiger partial charge in [0, 0.05) is 25.7 Å². The summed E-state index contributed by atoms with van der Waals surface area (Å²) in [5, 5.41) is 37.9. The second kappa shape index (κ2) is 16.9. The normalized spacial score (nSPS) is 29.1. The lowest BCUT2D eigenvalue weighted by atomic mass is 9.56. The van der Waals surface area contributed by atoms with Crippen LogP contribution in [0.3, 0.4) is 0 Å². The Morgan fingerprint density at radius 1 is 0.864 bits per heavy atom. The molecule has 0 bridgehead atoms. The molecular formula is C45H57NO13. The first-order valence-electron chi connectivity index (χ1n) is 19.7. The van der Waals surface area contributed by atoms with Crippen molar-refractivity contribution in [3.8, 4) is 0 Å². The fourth-order valence-corrected chi connectivity index (χ4v) is 9.21. The summed E-state index contributed by atoms with van der Waals surface area (Å²) >= 11 is 0. The minimum atomic E-state index is -1.97. The average Bonchev–Trinajstić information content (AvgIpc) is 3.36. The van der Waals surface area contributed by atoms with Gasteiger partial charge in [-0.05, 0) is 94.7 Å². The van der Waals surface area contributed by atoms with Crippen molar-refractivity contribution in [3.05, 3.63) is 95.1 Å². The first-order chi connectivity index (χ1) is 27.4. The number of carbonyl (C=O) groups excluding carboxylic acids is 5. The van der Waals surface area contributed by atoms with Crippen LogP contribution in [0.2, 0.25) is 0 Å². The van der Waals surface area contributed by atoms with Gasteiger partial charge in [-0.15, -0.1) is 0 Å². The summed E-state index contributed by atoms with van der Waals surface area (Å²) < 4.78 is 30.0. The highest BCUT2D eigenvalue weighted by molar-refractivity contribution is 5.89. The van der Waals surface area contributed by atoms with Gasteiger partial charge in [-0.3, -0.25) is 9.59 Å². The van der Waals surface area contributed by atoms with Gasteiger partial charge in [-0.25, -0.2) is 14.4 Å². The number of amides is 1. The van der Waals surface area contributed by atoms with E-state index in [2.05, 4.69) is 11.9 Å². The Labute approximate surface area is 344 Å². The summed E-state index contributed by atoms with van der Waals surface area (Å²) in [6.07, 6.45) is -9.50. The lowest BCUT2D eigenvalue weighted by Crippen LogP contribution is -2.60. The quantitative estimate of drug-likeness (QED) is 0.134. The third-order valence-electron chi connectivity index (χ3n) is 12.1. The summed E-state index contributed by atoms with van der Waals surface area (Å²) in [5.74, 6) is -4.31. The molecule has 0 aliphatic heterocycles. The van der Waals surface area contributed by atoms with E-state index in [1.807, 2.05) is 0 Å². The molecule has 2 aromatic rings. The van der Waals surface area contributed by atoms with Crippen molar-refractivity contribution in [1.82, 2.24) is 5.32 Å². The number of aliphatic hydroxyl groups is 3. The predicted molar refractivity (Wildman–Crippen MR) is 213 cm³/mol. The molecule has 0 heterocycles. The Morgan fingerprint density at radius 3 is 1.98 bits per heavy atom. The van der Waals surface area contributed by atoms with Gasteiger partial charge in [0.25, 0.3) is 0 Å². The number of esters is 4. The number of carbonyl (C=O) groups is 5. The molecule has 2 saturated carbocycles. The van der Waals surface area contributed by atoms with Gasteiger partial charge in [-0.2, -0.15) is 0 Å². The maximum Gasteiger partial charge on any atom is 0.408 e. The number of rotatable bonds is 10. The number of nitrogens with one attached hydrogen (secondary N) is 1. The van der Waals surface area contributed by atoms with Gasteiger partial charge in [0.15, 0.2) is 18.3 Å². The maximum atomic E-state index is 14.1. The van der Waals surface area contributed by atoms with Crippen molar-refractivity contribution in [2.24, 2.45) is 16.7 Å². The predicted octanol–water partition coefficient (Wildman–Crippen LogP) is 5.44. The molecule has 3 aliphatic rings. The van der Waals surface area contributed by atoms with E-state index in [0.29, 0.717) is 16.7 Å².